The summed E-state index contributed by atoms with van der Waals surface area (Å²) in [5, 5.41) is 2.96. The highest BCUT2D eigenvalue weighted by Gasteiger charge is 2.25. The van der Waals surface area contributed by atoms with Crippen LogP contribution in [0.4, 0.5) is 0 Å². The molecule has 92 valence electrons. The molecule has 2 rings (SSSR count). The fourth-order valence-corrected chi connectivity index (χ4v) is 1.72. The first-order valence-electron chi connectivity index (χ1n) is 5.69. The molecule has 0 bridgehead atoms. The van der Waals surface area contributed by atoms with Crippen LogP contribution in [0.1, 0.15) is 28.8 Å². The molecule has 1 fully saturated rings. The molecule has 1 amide bonds. The first-order chi connectivity index (χ1) is 8.15. The fraction of sp³-hybridized carbons (Fsp3) is 0.462. The van der Waals surface area contributed by atoms with Crippen molar-refractivity contribution in [1.29, 1.82) is 0 Å². The first-order valence-corrected chi connectivity index (χ1v) is 5.69. The molecule has 0 heterocycles. The second-order valence-electron chi connectivity index (χ2n) is 4.27. The average molecular weight is 235 g/mol. The molecule has 1 N–H and O–H groups in total. The number of rotatable bonds is 4. The highest BCUT2D eigenvalue weighted by Crippen LogP contribution is 2.30. The number of carbonyl (C=O) groups excluding carboxylic acids is 1. The van der Waals surface area contributed by atoms with Crippen LogP contribution in [-0.2, 0) is 0 Å². The van der Waals surface area contributed by atoms with Crippen molar-refractivity contribution >= 4 is 5.91 Å². The number of amides is 1. The summed E-state index contributed by atoms with van der Waals surface area (Å²) >= 11 is 0. The Kier molecular flexibility index (Phi) is 3.22. The largest absolute Gasteiger partial charge is 0.493 e. The van der Waals surface area contributed by atoms with E-state index in [4.69, 9.17) is 9.47 Å². The summed E-state index contributed by atoms with van der Waals surface area (Å²) < 4.78 is 10.4. The molecule has 0 aromatic heterocycles. The molecule has 0 atom stereocenters. The zero-order valence-electron chi connectivity index (χ0n) is 10.4. The van der Waals surface area contributed by atoms with Gasteiger partial charge in [-0.3, -0.25) is 4.79 Å². The van der Waals surface area contributed by atoms with E-state index in [2.05, 4.69) is 5.32 Å². The van der Waals surface area contributed by atoms with Crippen molar-refractivity contribution < 1.29 is 14.3 Å². The number of ether oxygens (including phenoxy) is 2. The molecule has 0 spiro atoms. The minimum Gasteiger partial charge on any atom is -0.493 e. The van der Waals surface area contributed by atoms with Gasteiger partial charge in [-0.25, -0.2) is 0 Å². The van der Waals surface area contributed by atoms with Gasteiger partial charge < -0.3 is 14.8 Å². The third kappa shape index (κ3) is 2.52. The molecule has 1 aromatic rings. The first kappa shape index (κ1) is 11.8. The molecule has 0 radical (unpaired) electrons. The molecule has 17 heavy (non-hydrogen) atoms. The maximum atomic E-state index is 12.0. The van der Waals surface area contributed by atoms with Crippen molar-refractivity contribution in [2.45, 2.75) is 25.8 Å². The summed E-state index contributed by atoms with van der Waals surface area (Å²) in [6.07, 6.45) is 2.16. The summed E-state index contributed by atoms with van der Waals surface area (Å²) in [6, 6.07) is 3.90. The van der Waals surface area contributed by atoms with Crippen LogP contribution in [0.15, 0.2) is 12.1 Å². The van der Waals surface area contributed by atoms with Crippen molar-refractivity contribution in [1.82, 2.24) is 5.32 Å². The highest BCUT2D eigenvalue weighted by atomic mass is 16.5. The molecular weight excluding hydrogens is 218 g/mol. The predicted octanol–water partition coefficient (Wildman–Crippen LogP) is 1.90. The van der Waals surface area contributed by atoms with Gasteiger partial charge in [0.15, 0.2) is 11.5 Å². The molecule has 0 aliphatic heterocycles. The van der Waals surface area contributed by atoms with E-state index in [1.807, 2.05) is 13.0 Å². The number of aryl methyl sites for hydroxylation is 1. The maximum absolute atomic E-state index is 12.0. The van der Waals surface area contributed by atoms with E-state index in [1.54, 1.807) is 20.3 Å². The normalized spacial score (nSPS) is 14.3. The maximum Gasteiger partial charge on any atom is 0.251 e. The van der Waals surface area contributed by atoms with Gasteiger partial charge in [-0.05, 0) is 37.5 Å². The SMILES string of the molecule is COc1cc(C)c(C(=O)NC2CC2)cc1OC. The Bertz CT molecular complexity index is 439. The van der Waals surface area contributed by atoms with Crippen molar-refractivity contribution in [2.24, 2.45) is 0 Å². The summed E-state index contributed by atoms with van der Waals surface area (Å²) in [5.41, 5.74) is 1.54. The molecule has 1 aliphatic rings. The van der Waals surface area contributed by atoms with E-state index >= 15 is 0 Å². The summed E-state index contributed by atoms with van der Waals surface area (Å²) in [4.78, 5) is 12.0. The zero-order valence-corrected chi connectivity index (χ0v) is 10.4. The molecule has 1 aliphatic carbocycles. The van der Waals surface area contributed by atoms with Gasteiger partial charge in [-0.15, -0.1) is 0 Å². The molecule has 0 unspecified atom stereocenters. The molecule has 4 nitrogen and oxygen atoms in total. The van der Waals surface area contributed by atoms with Crippen LogP contribution in [0.2, 0.25) is 0 Å². The molecule has 0 saturated heterocycles. The molecule has 4 heteroatoms. The van der Waals surface area contributed by atoms with E-state index in [0.717, 1.165) is 18.4 Å². The van der Waals surface area contributed by atoms with E-state index in [0.29, 0.717) is 23.1 Å². The van der Waals surface area contributed by atoms with Crippen LogP contribution >= 0.6 is 0 Å². The summed E-state index contributed by atoms with van der Waals surface area (Å²) in [7, 11) is 3.15. The van der Waals surface area contributed by atoms with Gasteiger partial charge in [0.1, 0.15) is 0 Å². The lowest BCUT2D eigenvalue weighted by molar-refractivity contribution is 0.0950. The number of hydrogen-bond acceptors (Lipinski definition) is 3. The van der Waals surface area contributed by atoms with Crippen molar-refractivity contribution in [2.75, 3.05) is 14.2 Å². The minimum atomic E-state index is -0.0362. The Morgan fingerprint density at radius 3 is 2.35 bits per heavy atom. The van der Waals surface area contributed by atoms with Crippen molar-refractivity contribution in [3.63, 3.8) is 0 Å². The standard InChI is InChI=1S/C13H17NO3/c1-8-6-11(16-2)12(17-3)7-10(8)13(15)14-9-4-5-9/h6-7,9H,4-5H2,1-3H3,(H,14,15). The van der Waals surface area contributed by atoms with Gasteiger partial charge in [0.25, 0.3) is 5.91 Å². The topological polar surface area (TPSA) is 47.6 Å². The highest BCUT2D eigenvalue weighted by molar-refractivity contribution is 5.96. The van der Waals surface area contributed by atoms with E-state index < -0.39 is 0 Å². The van der Waals surface area contributed by atoms with Crippen molar-refractivity contribution in [3.05, 3.63) is 23.3 Å². The Labute approximate surface area is 101 Å². The second kappa shape index (κ2) is 4.65. The van der Waals surface area contributed by atoms with Gasteiger partial charge >= 0.3 is 0 Å². The van der Waals surface area contributed by atoms with Gasteiger partial charge in [0, 0.05) is 11.6 Å². The van der Waals surface area contributed by atoms with Crippen LogP contribution in [0.25, 0.3) is 0 Å². The Hall–Kier alpha value is -1.71. The van der Waals surface area contributed by atoms with E-state index in [1.165, 1.54) is 0 Å². The molecule has 1 aromatic carbocycles. The average Bonchev–Trinajstić information content (AvgIpc) is 3.12. The van der Waals surface area contributed by atoms with Gasteiger partial charge in [-0.2, -0.15) is 0 Å². The zero-order chi connectivity index (χ0) is 12.4. The quantitative estimate of drug-likeness (QED) is 0.867. The van der Waals surface area contributed by atoms with Crippen LogP contribution in [0, 0.1) is 6.92 Å². The van der Waals surface area contributed by atoms with E-state index in [9.17, 15) is 4.79 Å². The third-order valence-corrected chi connectivity index (χ3v) is 2.89. The number of benzene rings is 1. The lowest BCUT2D eigenvalue weighted by Gasteiger charge is -2.12. The Balaban J connectivity index is 2.28. The second-order valence-corrected chi connectivity index (χ2v) is 4.27. The summed E-state index contributed by atoms with van der Waals surface area (Å²) in [6.45, 7) is 1.89. The number of nitrogens with one attached hydrogen (secondary N) is 1. The smallest absolute Gasteiger partial charge is 0.251 e. The fourth-order valence-electron chi connectivity index (χ4n) is 1.72. The number of carbonyl (C=O) groups is 1. The molecule has 1 saturated carbocycles. The third-order valence-electron chi connectivity index (χ3n) is 2.89. The van der Waals surface area contributed by atoms with Crippen molar-refractivity contribution in [3.8, 4) is 11.5 Å². The predicted molar refractivity (Wildman–Crippen MR) is 64.8 cm³/mol. The minimum absolute atomic E-state index is 0.0362. The van der Waals surface area contributed by atoms with Crippen LogP contribution in [0.5, 0.6) is 11.5 Å². The Morgan fingerprint density at radius 1 is 1.24 bits per heavy atom. The van der Waals surface area contributed by atoms with Gasteiger partial charge in [0.2, 0.25) is 0 Å². The number of methoxy groups -OCH3 is 2. The molecular formula is C13H17NO3. The van der Waals surface area contributed by atoms with E-state index in [-0.39, 0.29) is 5.91 Å². The lowest BCUT2D eigenvalue weighted by Crippen LogP contribution is -2.26. The Morgan fingerprint density at radius 2 is 1.82 bits per heavy atom. The van der Waals surface area contributed by atoms with Crippen LogP contribution < -0.4 is 14.8 Å². The van der Waals surface area contributed by atoms with Gasteiger partial charge in [0.05, 0.1) is 14.2 Å². The number of hydrogen-bond donors (Lipinski definition) is 1. The monoisotopic (exact) mass is 235 g/mol. The summed E-state index contributed by atoms with van der Waals surface area (Å²) in [5.74, 6) is 1.19. The van der Waals surface area contributed by atoms with Gasteiger partial charge in [-0.1, -0.05) is 0 Å². The van der Waals surface area contributed by atoms with Crippen LogP contribution in [-0.4, -0.2) is 26.2 Å². The lowest BCUT2D eigenvalue weighted by atomic mass is 10.1. The van der Waals surface area contributed by atoms with Crippen LogP contribution in [0.3, 0.4) is 0 Å².